The number of anilines is 1. The van der Waals surface area contributed by atoms with Gasteiger partial charge < -0.3 is 0 Å². The maximum Gasteiger partial charge on any atom is 0.260 e. The minimum absolute atomic E-state index is 0.213. The second kappa shape index (κ2) is 5.26. The highest BCUT2D eigenvalue weighted by Gasteiger charge is 2.12. The van der Waals surface area contributed by atoms with Crippen LogP contribution < -0.4 is 5.32 Å². The number of nitrogens with one attached hydrogen (secondary N) is 1. The van der Waals surface area contributed by atoms with Crippen molar-refractivity contribution >= 4 is 22.4 Å². The Hall–Kier alpha value is -1.76. The highest BCUT2D eigenvalue weighted by molar-refractivity contribution is 7.15. The number of hydrogen-bond donors (Lipinski definition) is 1. The predicted octanol–water partition coefficient (Wildman–Crippen LogP) is 1.72. The Labute approximate surface area is 109 Å². The van der Waals surface area contributed by atoms with E-state index < -0.39 is 0 Å². The number of aryl methyl sites for hydroxylation is 1. The van der Waals surface area contributed by atoms with Crippen molar-refractivity contribution in [3.8, 4) is 0 Å². The van der Waals surface area contributed by atoms with Crippen LogP contribution >= 0.6 is 11.3 Å². The number of carbonyl (C=O) groups is 1. The summed E-state index contributed by atoms with van der Waals surface area (Å²) < 4.78 is 1.58. The van der Waals surface area contributed by atoms with E-state index in [1.165, 1.54) is 17.5 Å². The molecule has 0 aromatic carbocycles. The summed E-state index contributed by atoms with van der Waals surface area (Å²) in [5, 5.41) is 16.1. The molecule has 0 saturated carbocycles. The van der Waals surface area contributed by atoms with Crippen LogP contribution in [0.25, 0.3) is 0 Å². The molecule has 0 aliphatic rings. The van der Waals surface area contributed by atoms with Gasteiger partial charge in [0.05, 0.1) is 11.8 Å². The van der Waals surface area contributed by atoms with E-state index in [-0.39, 0.29) is 5.91 Å². The van der Waals surface area contributed by atoms with E-state index in [4.69, 9.17) is 0 Å². The quantitative estimate of drug-likeness (QED) is 0.913. The number of nitrogens with zero attached hydrogens (tertiary/aromatic N) is 4. The van der Waals surface area contributed by atoms with Gasteiger partial charge in [-0.2, -0.15) is 5.10 Å². The Morgan fingerprint density at radius 1 is 1.50 bits per heavy atom. The fraction of sp³-hybridized carbons (Fsp3) is 0.455. The number of rotatable bonds is 4. The van der Waals surface area contributed by atoms with Crippen molar-refractivity contribution in [1.29, 1.82) is 0 Å². The summed E-state index contributed by atoms with van der Waals surface area (Å²) in [7, 11) is 1.77. The maximum atomic E-state index is 11.8. The largest absolute Gasteiger partial charge is 0.296 e. The van der Waals surface area contributed by atoms with Gasteiger partial charge in [0.1, 0.15) is 5.01 Å². The van der Waals surface area contributed by atoms with Crippen LogP contribution in [0.5, 0.6) is 0 Å². The number of carbonyl (C=O) groups excluding carboxylic acids is 1. The SMILES string of the molecule is CC(C)Cc1nnc(NC(=O)c2cnn(C)c2)s1. The van der Waals surface area contributed by atoms with E-state index in [1.807, 2.05) is 0 Å². The second-order valence-corrected chi connectivity index (χ2v) is 5.52. The Morgan fingerprint density at radius 3 is 2.89 bits per heavy atom. The molecular formula is C11H15N5OS. The van der Waals surface area contributed by atoms with E-state index in [2.05, 4.69) is 34.5 Å². The van der Waals surface area contributed by atoms with Crippen molar-refractivity contribution in [2.24, 2.45) is 13.0 Å². The summed E-state index contributed by atoms with van der Waals surface area (Å²) >= 11 is 1.41. The molecule has 2 aromatic rings. The summed E-state index contributed by atoms with van der Waals surface area (Å²) in [6.07, 6.45) is 4.05. The predicted molar refractivity (Wildman–Crippen MR) is 69.6 cm³/mol. The fourth-order valence-electron chi connectivity index (χ4n) is 1.44. The molecule has 0 radical (unpaired) electrons. The van der Waals surface area contributed by atoms with Gasteiger partial charge in [-0.3, -0.25) is 14.8 Å². The van der Waals surface area contributed by atoms with E-state index in [0.29, 0.717) is 16.6 Å². The molecule has 2 aromatic heterocycles. The molecule has 6 nitrogen and oxygen atoms in total. The van der Waals surface area contributed by atoms with Crippen LogP contribution in [0.3, 0.4) is 0 Å². The second-order valence-electron chi connectivity index (χ2n) is 4.46. The van der Waals surface area contributed by atoms with Crippen LogP contribution in [0.15, 0.2) is 12.4 Å². The molecule has 96 valence electrons. The minimum Gasteiger partial charge on any atom is -0.296 e. The molecule has 0 fully saturated rings. The van der Waals surface area contributed by atoms with Gasteiger partial charge in [-0.1, -0.05) is 25.2 Å². The molecule has 0 atom stereocenters. The molecule has 7 heteroatoms. The average molecular weight is 265 g/mol. The number of amides is 1. The van der Waals surface area contributed by atoms with Gasteiger partial charge in [0.15, 0.2) is 0 Å². The van der Waals surface area contributed by atoms with E-state index in [0.717, 1.165) is 11.4 Å². The molecule has 0 spiro atoms. The zero-order chi connectivity index (χ0) is 13.1. The first-order chi connectivity index (χ1) is 8.54. The monoisotopic (exact) mass is 265 g/mol. The van der Waals surface area contributed by atoms with Crippen LogP contribution in [-0.4, -0.2) is 25.9 Å². The molecule has 0 unspecified atom stereocenters. The van der Waals surface area contributed by atoms with Gasteiger partial charge in [0, 0.05) is 19.7 Å². The molecule has 18 heavy (non-hydrogen) atoms. The van der Waals surface area contributed by atoms with Crippen LogP contribution in [0, 0.1) is 5.92 Å². The van der Waals surface area contributed by atoms with Gasteiger partial charge in [-0.15, -0.1) is 10.2 Å². The van der Waals surface area contributed by atoms with E-state index in [9.17, 15) is 4.79 Å². The maximum absolute atomic E-state index is 11.8. The molecule has 0 aliphatic carbocycles. The van der Waals surface area contributed by atoms with Crippen molar-refractivity contribution < 1.29 is 4.79 Å². The van der Waals surface area contributed by atoms with Gasteiger partial charge in [-0.25, -0.2) is 0 Å². The third-order valence-corrected chi connectivity index (χ3v) is 3.10. The summed E-state index contributed by atoms with van der Waals surface area (Å²) in [6, 6.07) is 0. The summed E-state index contributed by atoms with van der Waals surface area (Å²) in [5.41, 5.74) is 0.512. The summed E-state index contributed by atoms with van der Waals surface area (Å²) in [5.74, 6) is 0.315. The van der Waals surface area contributed by atoms with Gasteiger partial charge in [-0.05, 0) is 5.92 Å². The summed E-state index contributed by atoms with van der Waals surface area (Å²) in [6.45, 7) is 4.24. The standard InChI is InChI=1S/C11H15N5OS/c1-7(2)4-9-14-15-11(18-9)13-10(17)8-5-12-16(3)6-8/h5-7H,4H2,1-3H3,(H,13,15,17). The van der Waals surface area contributed by atoms with Crippen LogP contribution in [0.4, 0.5) is 5.13 Å². The van der Waals surface area contributed by atoms with E-state index in [1.54, 1.807) is 17.9 Å². The Morgan fingerprint density at radius 2 is 2.28 bits per heavy atom. The Balaban J connectivity index is 2.01. The molecular weight excluding hydrogens is 250 g/mol. The van der Waals surface area contributed by atoms with Crippen molar-refractivity contribution in [3.05, 3.63) is 23.0 Å². The molecule has 0 bridgehead atoms. The molecule has 2 rings (SSSR count). The summed E-state index contributed by atoms with van der Waals surface area (Å²) in [4.78, 5) is 11.8. The number of hydrogen-bond acceptors (Lipinski definition) is 5. The van der Waals surface area contributed by atoms with Crippen LogP contribution in [0.2, 0.25) is 0 Å². The molecule has 0 aliphatic heterocycles. The molecule has 2 heterocycles. The smallest absolute Gasteiger partial charge is 0.260 e. The zero-order valence-corrected chi connectivity index (χ0v) is 11.4. The normalized spacial score (nSPS) is 10.9. The Bertz CT molecular complexity index is 545. The molecule has 1 amide bonds. The highest BCUT2D eigenvalue weighted by atomic mass is 32.1. The van der Waals surface area contributed by atoms with Crippen molar-refractivity contribution in [2.75, 3.05) is 5.32 Å². The van der Waals surface area contributed by atoms with Crippen molar-refractivity contribution in [1.82, 2.24) is 20.0 Å². The topological polar surface area (TPSA) is 72.7 Å². The van der Waals surface area contributed by atoms with Crippen molar-refractivity contribution in [3.63, 3.8) is 0 Å². The zero-order valence-electron chi connectivity index (χ0n) is 10.5. The first-order valence-electron chi connectivity index (χ1n) is 5.67. The van der Waals surface area contributed by atoms with Crippen LogP contribution in [-0.2, 0) is 13.5 Å². The first-order valence-corrected chi connectivity index (χ1v) is 6.48. The Kier molecular flexibility index (Phi) is 3.71. The lowest BCUT2D eigenvalue weighted by molar-refractivity contribution is 0.102. The van der Waals surface area contributed by atoms with Crippen molar-refractivity contribution in [2.45, 2.75) is 20.3 Å². The minimum atomic E-state index is -0.213. The van der Waals surface area contributed by atoms with Crippen LogP contribution in [0.1, 0.15) is 29.2 Å². The lowest BCUT2D eigenvalue weighted by Gasteiger charge is -1.98. The highest BCUT2D eigenvalue weighted by Crippen LogP contribution is 2.18. The lowest BCUT2D eigenvalue weighted by Crippen LogP contribution is -2.10. The van der Waals surface area contributed by atoms with Gasteiger partial charge >= 0.3 is 0 Å². The van der Waals surface area contributed by atoms with Gasteiger partial charge in [0.2, 0.25) is 5.13 Å². The third-order valence-electron chi connectivity index (χ3n) is 2.24. The molecule has 1 N–H and O–H groups in total. The number of aromatic nitrogens is 4. The third kappa shape index (κ3) is 3.13. The van der Waals surface area contributed by atoms with E-state index >= 15 is 0 Å². The van der Waals surface area contributed by atoms with Gasteiger partial charge in [0.25, 0.3) is 5.91 Å². The fourth-order valence-corrected chi connectivity index (χ4v) is 2.39. The lowest BCUT2D eigenvalue weighted by atomic mass is 10.1. The average Bonchev–Trinajstić information content (AvgIpc) is 2.87. The molecule has 0 saturated heterocycles. The first kappa shape index (κ1) is 12.7.